The van der Waals surface area contributed by atoms with E-state index in [4.69, 9.17) is 4.74 Å². The largest absolute Gasteiger partial charge is 0.493 e. The molecule has 0 saturated carbocycles. The number of benzene rings is 2. The molecule has 0 aliphatic heterocycles. The van der Waals surface area contributed by atoms with Crippen LogP contribution >= 0.6 is 0 Å². The summed E-state index contributed by atoms with van der Waals surface area (Å²) in [5, 5.41) is 9.10. The highest BCUT2D eigenvalue weighted by Gasteiger charge is 2.33. The number of amides is 2. The average molecular weight is 474 g/mol. The molecule has 0 spiro atoms. The molecule has 0 atom stereocenters. The maximum atomic E-state index is 12.7. The van der Waals surface area contributed by atoms with Crippen molar-refractivity contribution in [3.05, 3.63) is 77.6 Å². The Labute approximate surface area is 194 Å². The number of hydrogen-bond donors (Lipinski definition) is 2. The van der Waals surface area contributed by atoms with Crippen molar-refractivity contribution >= 4 is 11.8 Å². The van der Waals surface area contributed by atoms with Crippen LogP contribution in [0.4, 0.5) is 13.2 Å². The van der Waals surface area contributed by atoms with Gasteiger partial charge in [0, 0.05) is 25.7 Å². The fraction of sp³-hybridized carbons (Fsp3) is 0.292. The number of nitrogens with one attached hydrogen (secondary N) is 2. The van der Waals surface area contributed by atoms with Gasteiger partial charge in [0.1, 0.15) is 5.75 Å². The first-order valence-electron chi connectivity index (χ1n) is 10.8. The van der Waals surface area contributed by atoms with Gasteiger partial charge in [0.15, 0.2) is 5.69 Å². The Morgan fingerprint density at radius 1 is 1.03 bits per heavy atom. The lowest BCUT2D eigenvalue weighted by Gasteiger charge is -2.10. The number of halogens is 3. The van der Waals surface area contributed by atoms with Gasteiger partial charge < -0.3 is 15.4 Å². The van der Waals surface area contributed by atoms with E-state index in [1.165, 1.54) is 6.20 Å². The van der Waals surface area contributed by atoms with Crippen LogP contribution < -0.4 is 15.4 Å². The standard InChI is InChI=1S/C24H25F3N4O3/c1-2-34-20-7-4-3-6-19(20)23(33)28-14-5-8-22(32)29-16-17-9-11-18(12-10-17)31-15-13-21(30-31)24(25,26)27/h3-4,6-7,9-13,15H,2,5,8,14,16H2,1H3,(H,28,33)(H,29,32). The highest BCUT2D eigenvalue weighted by molar-refractivity contribution is 5.96. The van der Waals surface area contributed by atoms with Gasteiger partial charge in [-0.1, -0.05) is 24.3 Å². The summed E-state index contributed by atoms with van der Waals surface area (Å²) in [6.07, 6.45) is -2.55. The van der Waals surface area contributed by atoms with Crippen molar-refractivity contribution in [1.82, 2.24) is 20.4 Å². The van der Waals surface area contributed by atoms with Gasteiger partial charge in [-0.15, -0.1) is 0 Å². The molecular formula is C24H25F3N4O3. The maximum absolute atomic E-state index is 12.7. The summed E-state index contributed by atoms with van der Waals surface area (Å²) >= 11 is 0. The first-order chi connectivity index (χ1) is 16.3. The maximum Gasteiger partial charge on any atom is 0.435 e. The normalized spacial score (nSPS) is 11.2. The molecule has 0 bridgehead atoms. The molecule has 7 nitrogen and oxygen atoms in total. The fourth-order valence-electron chi connectivity index (χ4n) is 3.16. The molecule has 0 fully saturated rings. The second-order valence-electron chi connectivity index (χ2n) is 7.38. The molecule has 2 amide bonds. The van der Waals surface area contributed by atoms with Crippen molar-refractivity contribution < 1.29 is 27.5 Å². The summed E-state index contributed by atoms with van der Waals surface area (Å²) in [5.74, 6) is 0.0821. The van der Waals surface area contributed by atoms with Gasteiger partial charge in [0.05, 0.1) is 17.9 Å². The van der Waals surface area contributed by atoms with Crippen LogP contribution in [-0.2, 0) is 17.5 Å². The fourth-order valence-corrected chi connectivity index (χ4v) is 3.16. The minimum atomic E-state index is -4.49. The van der Waals surface area contributed by atoms with E-state index in [1.54, 1.807) is 48.5 Å². The van der Waals surface area contributed by atoms with Crippen molar-refractivity contribution in [3.63, 3.8) is 0 Å². The molecule has 1 aromatic heterocycles. The van der Waals surface area contributed by atoms with Crippen LogP contribution in [0.2, 0.25) is 0 Å². The molecule has 0 aliphatic carbocycles. The van der Waals surface area contributed by atoms with Crippen molar-refractivity contribution in [2.45, 2.75) is 32.5 Å². The number of hydrogen-bond acceptors (Lipinski definition) is 4. The molecule has 34 heavy (non-hydrogen) atoms. The summed E-state index contributed by atoms with van der Waals surface area (Å²) in [6.45, 7) is 2.91. The number of rotatable bonds is 10. The van der Waals surface area contributed by atoms with Gasteiger partial charge in [-0.3, -0.25) is 9.59 Å². The van der Waals surface area contributed by atoms with Crippen molar-refractivity contribution in [2.75, 3.05) is 13.2 Å². The van der Waals surface area contributed by atoms with E-state index < -0.39 is 11.9 Å². The first-order valence-corrected chi connectivity index (χ1v) is 10.8. The number of carbonyl (C=O) groups excluding carboxylic acids is 2. The monoisotopic (exact) mass is 474 g/mol. The van der Waals surface area contributed by atoms with E-state index in [-0.39, 0.29) is 24.8 Å². The summed E-state index contributed by atoms with van der Waals surface area (Å²) < 4.78 is 44.7. The van der Waals surface area contributed by atoms with E-state index in [0.29, 0.717) is 36.6 Å². The molecule has 3 aromatic rings. The first kappa shape index (κ1) is 24.8. The van der Waals surface area contributed by atoms with Crippen LogP contribution in [0, 0.1) is 0 Å². The zero-order valence-electron chi connectivity index (χ0n) is 18.6. The highest BCUT2D eigenvalue weighted by atomic mass is 19.4. The van der Waals surface area contributed by atoms with Crippen molar-refractivity contribution in [2.24, 2.45) is 0 Å². The topological polar surface area (TPSA) is 85.2 Å². The molecule has 0 radical (unpaired) electrons. The van der Waals surface area contributed by atoms with Crippen LogP contribution in [0.1, 0.15) is 41.4 Å². The number of ether oxygens (including phenoxy) is 1. The van der Waals surface area contributed by atoms with E-state index in [2.05, 4.69) is 15.7 Å². The van der Waals surface area contributed by atoms with Crippen LogP contribution in [0.25, 0.3) is 5.69 Å². The zero-order valence-corrected chi connectivity index (χ0v) is 18.6. The lowest BCUT2D eigenvalue weighted by atomic mass is 10.2. The molecule has 2 aromatic carbocycles. The van der Waals surface area contributed by atoms with Crippen LogP contribution in [0.3, 0.4) is 0 Å². The summed E-state index contributed by atoms with van der Waals surface area (Å²) in [5.41, 5.74) is 0.758. The van der Waals surface area contributed by atoms with E-state index in [0.717, 1.165) is 16.3 Å². The lowest BCUT2D eigenvalue weighted by molar-refractivity contribution is -0.141. The van der Waals surface area contributed by atoms with Crippen molar-refractivity contribution in [1.29, 1.82) is 0 Å². The van der Waals surface area contributed by atoms with Gasteiger partial charge in [-0.2, -0.15) is 18.3 Å². The third-order valence-electron chi connectivity index (χ3n) is 4.87. The molecular weight excluding hydrogens is 449 g/mol. The summed E-state index contributed by atoms with van der Waals surface area (Å²) in [6, 6.07) is 14.5. The van der Waals surface area contributed by atoms with Gasteiger partial charge in [0.2, 0.25) is 5.91 Å². The Hall–Kier alpha value is -3.82. The second-order valence-corrected chi connectivity index (χ2v) is 7.38. The zero-order chi connectivity index (χ0) is 24.6. The minimum absolute atomic E-state index is 0.171. The minimum Gasteiger partial charge on any atom is -0.493 e. The van der Waals surface area contributed by atoms with Crippen LogP contribution in [-0.4, -0.2) is 34.7 Å². The number of alkyl halides is 3. The van der Waals surface area contributed by atoms with E-state index in [9.17, 15) is 22.8 Å². The predicted molar refractivity (Wildman–Crippen MR) is 120 cm³/mol. The Morgan fingerprint density at radius 2 is 1.76 bits per heavy atom. The third-order valence-corrected chi connectivity index (χ3v) is 4.87. The third kappa shape index (κ3) is 6.84. The Morgan fingerprint density at radius 3 is 2.44 bits per heavy atom. The van der Waals surface area contributed by atoms with E-state index in [1.807, 2.05) is 6.92 Å². The number of para-hydroxylation sites is 1. The second kappa shape index (κ2) is 11.4. The summed E-state index contributed by atoms with van der Waals surface area (Å²) in [7, 11) is 0. The van der Waals surface area contributed by atoms with Gasteiger partial charge in [-0.25, -0.2) is 4.68 Å². The molecule has 0 aliphatic rings. The smallest absolute Gasteiger partial charge is 0.435 e. The van der Waals surface area contributed by atoms with Gasteiger partial charge in [-0.05, 0) is 49.2 Å². The molecule has 180 valence electrons. The average Bonchev–Trinajstić information content (AvgIpc) is 3.32. The Balaban J connectivity index is 1.40. The summed E-state index contributed by atoms with van der Waals surface area (Å²) in [4.78, 5) is 24.4. The molecule has 0 unspecified atom stereocenters. The molecule has 2 N–H and O–H groups in total. The van der Waals surface area contributed by atoms with Crippen molar-refractivity contribution in [3.8, 4) is 11.4 Å². The molecule has 10 heteroatoms. The van der Waals surface area contributed by atoms with Gasteiger partial charge in [0.25, 0.3) is 5.91 Å². The SMILES string of the molecule is CCOc1ccccc1C(=O)NCCCC(=O)NCc1ccc(-n2ccc(C(F)(F)F)n2)cc1. The van der Waals surface area contributed by atoms with Crippen LogP contribution in [0.5, 0.6) is 5.75 Å². The van der Waals surface area contributed by atoms with Gasteiger partial charge >= 0.3 is 6.18 Å². The van der Waals surface area contributed by atoms with Crippen LogP contribution in [0.15, 0.2) is 60.8 Å². The Bertz CT molecular complexity index is 1110. The Kier molecular flexibility index (Phi) is 8.29. The number of carbonyl (C=O) groups is 2. The number of nitrogens with zero attached hydrogens (tertiary/aromatic N) is 2. The van der Waals surface area contributed by atoms with E-state index >= 15 is 0 Å². The lowest BCUT2D eigenvalue weighted by Crippen LogP contribution is -2.27. The predicted octanol–water partition coefficient (Wildman–Crippen LogP) is 4.12. The quantitative estimate of drug-likeness (QED) is 0.433. The molecule has 0 saturated heterocycles. The molecule has 3 rings (SSSR count). The number of aromatic nitrogens is 2. The highest BCUT2D eigenvalue weighted by Crippen LogP contribution is 2.27. The molecule has 1 heterocycles.